The van der Waals surface area contributed by atoms with Crippen LogP contribution in [0.15, 0.2) is 53.5 Å². The van der Waals surface area contributed by atoms with Crippen LogP contribution in [0.5, 0.6) is 0 Å². The highest BCUT2D eigenvalue weighted by atomic mass is 16.1. The van der Waals surface area contributed by atoms with Crippen LogP contribution in [0.4, 0.5) is 11.4 Å². The first-order chi connectivity index (χ1) is 9.98. The Morgan fingerprint density at radius 2 is 1.81 bits per heavy atom. The molecule has 3 nitrogen and oxygen atoms in total. The Labute approximate surface area is 124 Å². The van der Waals surface area contributed by atoms with Crippen molar-refractivity contribution in [2.45, 2.75) is 26.2 Å². The minimum absolute atomic E-state index is 0.0805. The summed E-state index contributed by atoms with van der Waals surface area (Å²) in [5.41, 5.74) is 4.64. The van der Waals surface area contributed by atoms with Gasteiger partial charge in [0.25, 0.3) is 5.91 Å². The Hall–Kier alpha value is -2.42. The van der Waals surface area contributed by atoms with Gasteiger partial charge in [-0.2, -0.15) is 0 Å². The largest absolute Gasteiger partial charge is 0.322 e. The van der Waals surface area contributed by atoms with Crippen LogP contribution in [0.25, 0.3) is 0 Å². The lowest BCUT2D eigenvalue weighted by atomic mass is 9.82. The molecule has 1 N–H and O–H groups in total. The lowest BCUT2D eigenvalue weighted by Gasteiger charge is -2.20. The molecule has 0 fully saturated rings. The molecule has 0 saturated heterocycles. The van der Waals surface area contributed by atoms with Crippen LogP contribution < -0.4 is 5.32 Å². The maximum Gasteiger partial charge on any atom is 0.255 e. The summed E-state index contributed by atoms with van der Waals surface area (Å²) in [4.78, 5) is 16.8. The summed E-state index contributed by atoms with van der Waals surface area (Å²) in [7, 11) is 0. The van der Waals surface area contributed by atoms with E-state index < -0.39 is 0 Å². The molecule has 3 rings (SSSR count). The fourth-order valence-corrected chi connectivity index (χ4v) is 2.52. The van der Waals surface area contributed by atoms with E-state index in [-0.39, 0.29) is 11.3 Å². The Morgan fingerprint density at radius 3 is 2.52 bits per heavy atom. The SMILES string of the molecule is CC1=Nc2ccc(NC(=O)c3ccccc3)cc2C1(C)C. The van der Waals surface area contributed by atoms with Gasteiger partial charge in [-0.15, -0.1) is 0 Å². The molecule has 1 aliphatic heterocycles. The van der Waals surface area contributed by atoms with Crippen molar-refractivity contribution in [3.05, 3.63) is 59.7 Å². The number of nitrogens with zero attached hydrogens (tertiary/aromatic N) is 1. The van der Waals surface area contributed by atoms with Gasteiger partial charge in [0.2, 0.25) is 0 Å². The predicted octanol–water partition coefficient (Wildman–Crippen LogP) is 4.32. The smallest absolute Gasteiger partial charge is 0.255 e. The number of amides is 1. The highest BCUT2D eigenvalue weighted by Gasteiger charge is 2.32. The minimum atomic E-state index is -0.0935. The zero-order valence-electron chi connectivity index (χ0n) is 12.5. The van der Waals surface area contributed by atoms with Crippen LogP contribution in [-0.2, 0) is 5.41 Å². The van der Waals surface area contributed by atoms with Gasteiger partial charge in [0.15, 0.2) is 0 Å². The summed E-state index contributed by atoms with van der Waals surface area (Å²) < 4.78 is 0. The lowest BCUT2D eigenvalue weighted by Crippen LogP contribution is -2.23. The molecule has 0 aliphatic carbocycles. The van der Waals surface area contributed by atoms with E-state index in [1.54, 1.807) is 12.1 Å². The Morgan fingerprint density at radius 1 is 1.10 bits per heavy atom. The Bertz CT molecular complexity index is 730. The zero-order chi connectivity index (χ0) is 15.0. The number of benzene rings is 2. The number of hydrogen-bond acceptors (Lipinski definition) is 2. The van der Waals surface area contributed by atoms with Crippen LogP contribution >= 0.6 is 0 Å². The molecule has 0 radical (unpaired) electrons. The third-order valence-electron chi connectivity index (χ3n) is 4.16. The van der Waals surface area contributed by atoms with E-state index in [0.717, 1.165) is 22.6 Å². The van der Waals surface area contributed by atoms with Gasteiger partial charge in [0, 0.05) is 22.4 Å². The second kappa shape index (κ2) is 4.85. The molecule has 0 atom stereocenters. The number of nitrogens with one attached hydrogen (secondary N) is 1. The first-order valence-corrected chi connectivity index (χ1v) is 7.05. The van der Waals surface area contributed by atoms with Crippen molar-refractivity contribution in [1.29, 1.82) is 0 Å². The summed E-state index contributed by atoms with van der Waals surface area (Å²) in [5, 5.41) is 2.95. The molecule has 106 valence electrons. The predicted molar refractivity (Wildman–Crippen MR) is 86.6 cm³/mol. The highest BCUT2D eigenvalue weighted by molar-refractivity contribution is 6.05. The molecule has 0 unspecified atom stereocenters. The standard InChI is InChI=1S/C18H18N2O/c1-12-18(2,3)15-11-14(9-10-16(15)19-12)20-17(21)13-7-5-4-6-8-13/h4-11H,1-3H3,(H,20,21). The molecule has 1 aliphatic rings. The molecule has 2 aromatic rings. The molecule has 3 heteroatoms. The average Bonchev–Trinajstić information content (AvgIpc) is 2.70. The number of carbonyl (C=O) groups excluding carboxylic acids is 1. The van der Waals surface area contributed by atoms with Crippen LogP contribution in [0.3, 0.4) is 0 Å². The van der Waals surface area contributed by atoms with Gasteiger partial charge in [-0.1, -0.05) is 32.0 Å². The third-order valence-corrected chi connectivity index (χ3v) is 4.16. The van der Waals surface area contributed by atoms with Crippen LogP contribution in [0, 0.1) is 0 Å². The molecular weight excluding hydrogens is 260 g/mol. The van der Waals surface area contributed by atoms with Crippen molar-refractivity contribution < 1.29 is 4.79 Å². The summed E-state index contributed by atoms with van der Waals surface area (Å²) in [6, 6.07) is 15.1. The van der Waals surface area contributed by atoms with Gasteiger partial charge in [-0.25, -0.2) is 0 Å². The Kier molecular flexibility index (Phi) is 3.13. The number of carbonyl (C=O) groups is 1. The fourth-order valence-electron chi connectivity index (χ4n) is 2.52. The maximum absolute atomic E-state index is 12.2. The van der Waals surface area contributed by atoms with Gasteiger partial charge in [0.05, 0.1) is 5.69 Å². The molecule has 21 heavy (non-hydrogen) atoms. The molecule has 1 heterocycles. The fraction of sp³-hybridized carbons (Fsp3) is 0.222. The van der Waals surface area contributed by atoms with E-state index in [9.17, 15) is 4.79 Å². The van der Waals surface area contributed by atoms with E-state index in [2.05, 4.69) is 24.2 Å². The molecule has 0 saturated carbocycles. The van der Waals surface area contributed by atoms with Gasteiger partial charge in [-0.05, 0) is 42.8 Å². The monoisotopic (exact) mass is 278 g/mol. The van der Waals surface area contributed by atoms with Crippen molar-refractivity contribution >= 4 is 23.0 Å². The van der Waals surface area contributed by atoms with Crippen LogP contribution in [-0.4, -0.2) is 11.6 Å². The molecule has 0 aromatic heterocycles. The first-order valence-electron chi connectivity index (χ1n) is 7.05. The second-order valence-electron chi connectivity index (χ2n) is 5.87. The van der Waals surface area contributed by atoms with E-state index in [4.69, 9.17) is 0 Å². The summed E-state index contributed by atoms with van der Waals surface area (Å²) in [5.74, 6) is -0.0935. The van der Waals surface area contributed by atoms with Crippen molar-refractivity contribution in [2.24, 2.45) is 4.99 Å². The highest BCUT2D eigenvalue weighted by Crippen LogP contribution is 2.41. The second-order valence-corrected chi connectivity index (χ2v) is 5.87. The van der Waals surface area contributed by atoms with Crippen LogP contribution in [0.1, 0.15) is 36.7 Å². The van der Waals surface area contributed by atoms with Crippen molar-refractivity contribution in [3.8, 4) is 0 Å². The maximum atomic E-state index is 12.2. The van der Waals surface area contributed by atoms with Gasteiger partial charge in [0.1, 0.15) is 0 Å². The van der Waals surface area contributed by atoms with Crippen molar-refractivity contribution in [3.63, 3.8) is 0 Å². The van der Waals surface area contributed by atoms with Crippen LogP contribution in [0.2, 0.25) is 0 Å². The number of anilines is 1. The first kappa shape index (κ1) is 13.6. The normalized spacial score (nSPS) is 15.3. The Balaban J connectivity index is 1.87. The quantitative estimate of drug-likeness (QED) is 0.873. The number of rotatable bonds is 2. The van der Waals surface area contributed by atoms with Crippen molar-refractivity contribution in [2.75, 3.05) is 5.32 Å². The minimum Gasteiger partial charge on any atom is -0.322 e. The zero-order valence-corrected chi connectivity index (χ0v) is 12.5. The van der Waals surface area contributed by atoms with Gasteiger partial charge < -0.3 is 5.32 Å². The van der Waals surface area contributed by atoms with E-state index >= 15 is 0 Å². The number of fused-ring (bicyclic) bond motifs is 1. The molecule has 0 spiro atoms. The number of hydrogen-bond donors (Lipinski definition) is 1. The summed E-state index contributed by atoms with van der Waals surface area (Å²) >= 11 is 0. The van der Waals surface area contributed by atoms with E-state index in [1.807, 2.05) is 43.3 Å². The van der Waals surface area contributed by atoms with Gasteiger partial charge >= 0.3 is 0 Å². The third kappa shape index (κ3) is 2.35. The van der Waals surface area contributed by atoms with Crippen molar-refractivity contribution in [1.82, 2.24) is 0 Å². The van der Waals surface area contributed by atoms with E-state index in [0.29, 0.717) is 5.56 Å². The molecular formula is C18H18N2O. The summed E-state index contributed by atoms with van der Waals surface area (Å²) in [6.07, 6.45) is 0. The average molecular weight is 278 g/mol. The number of aliphatic imine (C=N–C) groups is 1. The van der Waals surface area contributed by atoms with E-state index in [1.165, 1.54) is 0 Å². The summed E-state index contributed by atoms with van der Waals surface area (Å²) in [6.45, 7) is 6.35. The van der Waals surface area contributed by atoms with Gasteiger partial charge in [-0.3, -0.25) is 9.79 Å². The molecule has 0 bridgehead atoms. The topological polar surface area (TPSA) is 41.5 Å². The lowest BCUT2D eigenvalue weighted by molar-refractivity contribution is 0.102. The molecule has 2 aromatic carbocycles. The molecule has 1 amide bonds.